The van der Waals surface area contributed by atoms with E-state index in [0.717, 1.165) is 13.0 Å². The van der Waals surface area contributed by atoms with Crippen molar-refractivity contribution in [2.75, 3.05) is 20.1 Å². The number of rotatable bonds is 6. The number of oxime groups is 1. The fourth-order valence-corrected chi connectivity index (χ4v) is 1.24. The largest absolute Gasteiger partial charge is 0.411 e. The fourth-order valence-electron chi connectivity index (χ4n) is 1.24. The quantitative estimate of drug-likeness (QED) is 0.285. The first kappa shape index (κ1) is 13.1. The molecule has 1 heterocycles. The smallest absolute Gasteiger partial charge is 0.252 e. The van der Waals surface area contributed by atoms with Gasteiger partial charge in [-0.3, -0.25) is 9.78 Å². The van der Waals surface area contributed by atoms with Gasteiger partial charge in [0.05, 0.1) is 17.5 Å². The van der Waals surface area contributed by atoms with E-state index in [1.165, 1.54) is 12.4 Å². The number of carbonyl (C=O) groups is 1. The van der Waals surface area contributed by atoms with Crippen LogP contribution < -0.4 is 10.6 Å². The third-order valence-electron chi connectivity index (χ3n) is 2.13. The van der Waals surface area contributed by atoms with Crippen LogP contribution in [0, 0.1) is 0 Å². The molecule has 0 spiro atoms. The van der Waals surface area contributed by atoms with Gasteiger partial charge in [-0.05, 0) is 32.1 Å². The van der Waals surface area contributed by atoms with Crippen molar-refractivity contribution in [3.8, 4) is 0 Å². The molecule has 0 atom stereocenters. The third-order valence-corrected chi connectivity index (χ3v) is 2.13. The van der Waals surface area contributed by atoms with Crippen molar-refractivity contribution in [1.29, 1.82) is 0 Å². The Bertz CT molecular complexity index is 376. The van der Waals surface area contributed by atoms with E-state index in [1.807, 2.05) is 7.05 Å². The molecule has 17 heavy (non-hydrogen) atoms. The van der Waals surface area contributed by atoms with Crippen molar-refractivity contribution in [3.05, 3.63) is 29.6 Å². The molecule has 0 saturated carbocycles. The molecule has 0 bridgehead atoms. The van der Waals surface area contributed by atoms with Crippen LogP contribution in [-0.4, -0.2) is 42.5 Å². The SMILES string of the molecule is CNCCCNC(=O)c1ccc(/C=N/O)nc1. The molecular formula is C11H16N4O2. The molecule has 0 aliphatic carbocycles. The van der Waals surface area contributed by atoms with Crippen molar-refractivity contribution in [3.63, 3.8) is 0 Å². The summed E-state index contributed by atoms with van der Waals surface area (Å²) >= 11 is 0. The van der Waals surface area contributed by atoms with Crippen LogP contribution in [-0.2, 0) is 0 Å². The van der Waals surface area contributed by atoms with Gasteiger partial charge < -0.3 is 15.8 Å². The maximum absolute atomic E-state index is 11.6. The number of aromatic nitrogens is 1. The Morgan fingerprint density at radius 2 is 2.35 bits per heavy atom. The number of hydrogen-bond acceptors (Lipinski definition) is 5. The Hall–Kier alpha value is -1.95. The van der Waals surface area contributed by atoms with Gasteiger partial charge in [-0.1, -0.05) is 5.16 Å². The summed E-state index contributed by atoms with van der Waals surface area (Å²) < 4.78 is 0. The summed E-state index contributed by atoms with van der Waals surface area (Å²) in [6.45, 7) is 1.49. The highest BCUT2D eigenvalue weighted by molar-refractivity contribution is 5.94. The van der Waals surface area contributed by atoms with Crippen molar-refractivity contribution in [1.82, 2.24) is 15.6 Å². The first-order valence-corrected chi connectivity index (χ1v) is 5.34. The van der Waals surface area contributed by atoms with Gasteiger partial charge in [0, 0.05) is 12.7 Å². The molecule has 0 aliphatic heterocycles. The van der Waals surface area contributed by atoms with Crippen LogP contribution in [0.2, 0.25) is 0 Å². The van der Waals surface area contributed by atoms with Gasteiger partial charge in [-0.2, -0.15) is 0 Å². The molecule has 0 fully saturated rings. The van der Waals surface area contributed by atoms with Crippen LogP contribution >= 0.6 is 0 Å². The summed E-state index contributed by atoms with van der Waals surface area (Å²) in [6.07, 6.45) is 3.53. The number of nitrogens with zero attached hydrogens (tertiary/aromatic N) is 2. The van der Waals surface area contributed by atoms with Crippen molar-refractivity contribution < 1.29 is 10.0 Å². The summed E-state index contributed by atoms with van der Waals surface area (Å²) in [4.78, 5) is 15.6. The van der Waals surface area contributed by atoms with Crippen molar-refractivity contribution >= 4 is 12.1 Å². The highest BCUT2D eigenvalue weighted by atomic mass is 16.4. The van der Waals surface area contributed by atoms with Gasteiger partial charge in [0.2, 0.25) is 0 Å². The topological polar surface area (TPSA) is 86.6 Å². The highest BCUT2D eigenvalue weighted by Crippen LogP contribution is 1.98. The van der Waals surface area contributed by atoms with Gasteiger partial charge in [0.25, 0.3) is 5.91 Å². The summed E-state index contributed by atoms with van der Waals surface area (Å²) in [7, 11) is 1.87. The van der Waals surface area contributed by atoms with E-state index in [-0.39, 0.29) is 5.91 Å². The number of nitrogens with one attached hydrogen (secondary N) is 2. The number of carbonyl (C=O) groups excluding carboxylic acids is 1. The lowest BCUT2D eigenvalue weighted by Crippen LogP contribution is -2.26. The summed E-state index contributed by atoms with van der Waals surface area (Å²) in [5.74, 6) is -0.152. The van der Waals surface area contributed by atoms with E-state index >= 15 is 0 Å². The third kappa shape index (κ3) is 4.60. The second kappa shape index (κ2) is 7.34. The molecule has 1 aromatic rings. The molecule has 0 unspecified atom stereocenters. The van der Waals surface area contributed by atoms with E-state index in [0.29, 0.717) is 17.8 Å². The second-order valence-electron chi connectivity index (χ2n) is 3.43. The Balaban J connectivity index is 2.46. The molecule has 6 nitrogen and oxygen atoms in total. The Morgan fingerprint density at radius 1 is 1.53 bits per heavy atom. The minimum atomic E-state index is -0.152. The summed E-state index contributed by atoms with van der Waals surface area (Å²) in [5.41, 5.74) is 0.990. The maximum atomic E-state index is 11.6. The zero-order valence-electron chi connectivity index (χ0n) is 9.68. The van der Waals surface area contributed by atoms with Gasteiger partial charge in [0.15, 0.2) is 0 Å². The molecule has 0 aromatic carbocycles. The molecule has 0 saturated heterocycles. The minimum absolute atomic E-state index is 0.152. The van der Waals surface area contributed by atoms with E-state index in [2.05, 4.69) is 20.8 Å². The molecule has 1 aromatic heterocycles. The van der Waals surface area contributed by atoms with Crippen molar-refractivity contribution in [2.45, 2.75) is 6.42 Å². The molecule has 0 aliphatic rings. The Kier molecular flexibility index (Phi) is 5.67. The van der Waals surface area contributed by atoms with Crippen LogP contribution in [0.5, 0.6) is 0 Å². The van der Waals surface area contributed by atoms with Gasteiger partial charge in [0.1, 0.15) is 0 Å². The molecule has 92 valence electrons. The first-order chi connectivity index (χ1) is 8.27. The summed E-state index contributed by atoms with van der Waals surface area (Å²) in [5, 5.41) is 16.9. The molecule has 0 radical (unpaired) electrons. The Labute approximate surface area is 99.7 Å². The van der Waals surface area contributed by atoms with Gasteiger partial charge in [-0.15, -0.1) is 0 Å². The number of hydrogen-bond donors (Lipinski definition) is 3. The van der Waals surface area contributed by atoms with Gasteiger partial charge >= 0.3 is 0 Å². The lowest BCUT2D eigenvalue weighted by Gasteiger charge is -2.04. The van der Waals surface area contributed by atoms with Crippen LogP contribution in [0.1, 0.15) is 22.5 Å². The number of amides is 1. The van der Waals surface area contributed by atoms with Crippen LogP contribution in [0.3, 0.4) is 0 Å². The molecular weight excluding hydrogens is 220 g/mol. The second-order valence-corrected chi connectivity index (χ2v) is 3.43. The maximum Gasteiger partial charge on any atom is 0.252 e. The van der Waals surface area contributed by atoms with E-state index in [4.69, 9.17) is 5.21 Å². The average molecular weight is 236 g/mol. The van der Waals surface area contributed by atoms with E-state index in [1.54, 1.807) is 12.1 Å². The van der Waals surface area contributed by atoms with Crippen LogP contribution in [0.15, 0.2) is 23.5 Å². The predicted octanol–water partition coefficient (Wildman–Crippen LogP) is 0.229. The fraction of sp³-hybridized carbons (Fsp3) is 0.364. The van der Waals surface area contributed by atoms with Crippen molar-refractivity contribution in [2.24, 2.45) is 5.16 Å². The first-order valence-electron chi connectivity index (χ1n) is 5.34. The Morgan fingerprint density at radius 3 is 2.94 bits per heavy atom. The zero-order chi connectivity index (χ0) is 12.5. The van der Waals surface area contributed by atoms with E-state index in [9.17, 15) is 4.79 Å². The summed E-state index contributed by atoms with van der Waals surface area (Å²) in [6, 6.07) is 3.25. The normalized spacial score (nSPS) is 10.6. The van der Waals surface area contributed by atoms with Crippen LogP contribution in [0.4, 0.5) is 0 Å². The molecule has 1 amide bonds. The minimum Gasteiger partial charge on any atom is -0.411 e. The monoisotopic (exact) mass is 236 g/mol. The standard InChI is InChI=1S/C11H16N4O2/c1-12-5-2-6-13-11(16)9-3-4-10(8-15-17)14-7-9/h3-4,7-8,12,17H,2,5-6H2,1H3,(H,13,16)/b15-8+. The zero-order valence-corrected chi connectivity index (χ0v) is 9.68. The average Bonchev–Trinajstić information content (AvgIpc) is 2.36. The lowest BCUT2D eigenvalue weighted by atomic mass is 10.2. The highest BCUT2D eigenvalue weighted by Gasteiger charge is 2.04. The van der Waals surface area contributed by atoms with Crippen LogP contribution in [0.25, 0.3) is 0 Å². The molecule has 3 N–H and O–H groups in total. The lowest BCUT2D eigenvalue weighted by molar-refractivity contribution is 0.0953. The number of pyridine rings is 1. The van der Waals surface area contributed by atoms with Gasteiger partial charge in [-0.25, -0.2) is 0 Å². The molecule has 1 rings (SSSR count). The van der Waals surface area contributed by atoms with E-state index < -0.39 is 0 Å². The molecule has 6 heteroatoms. The predicted molar refractivity (Wildman–Crippen MR) is 64.5 cm³/mol.